The fraction of sp³-hybridized carbons (Fsp3) is 0.435. The van der Waals surface area contributed by atoms with Crippen LogP contribution in [-0.4, -0.2) is 43.5 Å². The predicted molar refractivity (Wildman–Crippen MR) is 119 cm³/mol. The summed E-state index contributed by atoms with van der Waals surface area (Å²) in [5.74, 6) is -0.499. The van der Waals surface area contributed by atoms with Gasteiger partial charge >= 0.3 is 0 Å². The molecule has 0 unspecified atom stereocenters. The fourth-order valence-electron chi connectivity index (χ4n) is 3.01. The highest BCUT2D eigenvalue weighted by Crippen LogP contribution is 2.22. The van der Waals surface area contributed by atoms with Crippen molar-refractivity contribution in [3.05, 3.63) is 65.2 Å². The highest BCUT2D eigenvalue weighted by molar-refractivity contribution is 7.89. The third-order valence-corrected chi connectivity index (χ3v) is 6.43. The molecule has 2 aromatic carbocycles. The van der Waals surface area contributed by atoms with Crippen LogP contribution < -0.4 is 4.72 Å². The number of hydrogen-bond acceptors (Lipinski definition) is 4. The van der Waals surface area contributed by atoms with Crippen molar-refractivity contribution in [1.29, 1.82) is 0 Å². The van der Waals surface area contributed by atoms with Gasteiger partial charge in [0.1, 0.15) is 6.04 Å². The summed E-state index contributed by atoms with van der Waals surface area (Å²) in [4.78, 5) is 14.4. The van der Waals surface area contributed by atoms with Crippen molar-refractivity contribution in [2.24, 2.45) is 0 Å². The first kappa shape index (κ1) is 24.1. The number of aliphatic hydroxyl groups excluding tert-OH is 1. The van der Waals surface area contributed by atoms with Gasteiger partial charge in [0, 0.05) is 13.6 Å². The molecule has 164 valence electrons. The highest BCUT2D eigenvalue weighted by atomic mass is 32.2. The minimum absolute atomic E-state index is 0.0337. The molecule has 2 N–H and O–H groups in total. The van der Waals surface area contributed by atoms with Crippen molar-refractivity contribution in [2.45, 2.75) is 63.6 Å². The fourth-order valence-corrected chi connectivity index (χ4v) is 4.27. The largest absolute Gasteiger partial charge is 0.391 e. The number of sulfonamides is 1. The number of carbonyl (C=O) groups is 1. The van der Waals surface area contributed by atoms with Crippen molar-refractivity contribution < 1.29 is 18.3 Å². The zero-order chi connectivity index (χ0) is 22.7. The van der Waals surface area contributed by atoms with E-state index < -0.39 is 28.1 Å². The van der Waals surface area contributed by atoms with E-state index in [1.54, 1.807) is 19.2 Å². The monoisotopic (exact) mass is 432 g/mol. The maximum absolute atomic E-state index is 12.9. The van der Waals surface area contributed by atoms with Crippen LogP contribution in [0.25, 0.3) is 0 Å². The second-order valence-corrected chi connectivity index (χ2v) is 10.5. The van der Waals surface area contributed by atoms with E-state index in [-0.39, 0.29) is 10.3 Å². The molecular weight excluding hydrogens is 400 g/mol. The molecule has 30 heavy (non-hydrogen) atoms. The van der Waals surface area contributed by atoms with Gasteiger partial charge in [-0.1, -0.05) is 62.7 Å². The Morgan fingerprint density at radius 1 is 1.07 bits per heavy atom. The summed E-state index contributed by atoms with van der Waals surface area (Å²) in [6.45, 7) is 9.95. The zero-order valence-corrected chi connectivity index (χ0v) is 19.3. The Hall–Kier alpha value is -2.22. The van der Waals surface area contributed by atoms with Crippen LogP contribution in [0.2, 0.25) is 0 Å². The van der Waals surface area contributed by atoms with Gasteiger partial charge in [0.15, 0.2) is 0 Å². The molecule has 0 radical (unpaired) electrons. The van der Waals surface area contributed by atoms with Crippen LogP contribution in [0, 0.1) is 6.92 Å². The summed E-state index contributed by atoms with van der Waals surface area (Å²) in [5, 5.41) is 10.1. The number of carbonyl (C=O) groups excluding carboxylic acids is 1. The van der Waals surface area contributed by atoms with Crippen molar-refractivity contribution in [3.63, 3.8) is 0 Å². The van der Waals surface area contributed by atoms with E-state index in [0.29, 0.717) is 6.54 Å². The van der Waals surface area contributed by atoms with Gasteiger partial charge in [0.05, 0.1) is 11.0 Å². The molecule has 0 aliphatic carbocycles. The number of amides is 1. The van der Waals surface area contributed by atoms with E-state index in [1.165, 1.54) is 29.5 Å². The molecule has 0 fully saturated rings. The van der Waals surface area contributed by atoms with E-state index in [4.69, 9.17) is 0 Å². The van der Waals surface area contributed by atoms with E-state index in [1.807, 2.05) is 31.2 Å². The van der Waals surface area contributed by atoms with Crippen molar-refractivity contribution in [2.75, 3.05) is 7.05 Å². The van der Waals surface area contributed by atoms with Crippen LogP contribution in [0.15, 0.2) is 53.4 Å². The molecular formula is C23H32N2O4S. The summed E-state index contributed by atoms with van der Waals surface area (Å²) in [6.07, 6.45) is -1.19. The normalized spacial score (nSPS) is 14.2. The van der Waals surface area contributed by atoms with Gasteiger partial charge in [0.25, 0.3) is 0 Å². The highest BCUT2D eigenvalue weighted by Gasteiger charge is 2.31. The first-order valence-corrected chi connectivity index (χ1v) is 11.4. The van der Waals surface area contributed by atoms with Gasteiger partial charge in [-0.15, -0.1) is 0 Å². The maximum Gasteiger partial charge on any atom is 0.243 e. The molecule has 0 heterocycles. The molecule has 0 spiro atoms. The van der Waals surface area contributed by atoms with E-state index in [2.05, 4.69) is 25.5 Å². The van der Waals surface area contributed by atoms with Gasteiger partial charge in [-0.25, -0.2) is 8.42 Å². The topological polar surface area (TPSA) is 86.7 Å². The second kappa shape index (κ2) is 9.29. The van der Waals surface area contributed by atoms with Crippen LogP contribution in [0.5, 0.6) is 0 Å². The summed E-state index contributed by atoms with van der Waals surface area (Å²) in [5.41, 5.74) is 3.07. The number of nitrogens with one attached hydrogen (secondary N) is 1. The van der Waals surface area contributed by atoms with Crippen LogP contribution in [0.1, 0.15) is 44.4 Å². The third-order valence-electron chi connectivity index (χ3n) is 4.98. The Morgan fingerprint density at radius 2 is 1.60 bits per heavy atom. The number of hydrogen-bond donors (Lipinski definition) is 2. The first-order chi connectivity index (χ1) is 13.8. The minimum Gasteiger partial charge on any atom is -0.391 e. The maximum atomic E-state index is 12.9. The molecule has 0 saturated carbocycles. The predicted octanol–water partition coefficient (Wildman–Crippen LogP) is 2.98. The Morgan fingerprint density at radius 3 is 2.07 bits per heavy atom. The van der Waals surface area contributed by atoms with Crippen LogP contribution in [-0.2, 0) is 26.8 Å². The third kappa shape index (κ3) is 6.14. The zero-order valence-electron chi connectivity index (χ0n) is 18.5. The number of rotatable bonds is 7. The second-order valence-electron chi connectivity index (χ2n) is 8.79. The first-order valence-electron chi connectivity index (χ1n) is 9.93. The molecule has 0 saturated heterocycles. The molecule has 6 nitrogen and oxygen atoms in total. The van der Waals surface area contributed by atoms with E-state index >= 15 is 0 Å². The van der Waals surface area contributed by atoms with Gasteiger partial charge in [0.2, 0.25) is 15.9 Å². The summed E-state index contributed by atoms with van der Waals surface area (Å²) < 4.78 is 27.7. The van der Waals surface area contributed by atoms with Crippen molar-refractivity contribution in [3.8, 4) is 0 Å². The molecule has 0 bridgehead atoms. The number of benzene rings is 2. The molecule has 1 amide bonds. The summed E-state index contributed by atoms with van der Waals surface area (Å²) >= 11 is 0. The van der Waals surface area contributed by atoms with Crippen molar-refractivity contribution >= 4 is 15.9 Å². The van der Waals surface area contributed by atoms with Crippen LogP contribution in [0.3, 0.4) is 0 Å². The number of likely N-dealkylation sites (N-methyl/N-ethyl adjacent to an activating group) is 1. The van der Waals surface area contributed by atoms with Gasteiger partial charge in [-0.3, -0.25) is 4.79 Å². The lowest BCUT2D eigenvalue weighted by Crippen LogP contribution is -2.52. The molecule has 2 atom stereocenters. The molecule has 0 aliphatic rings. The smallest absolute Gasteiger partial charge is 0.243 e. The van der Waals surface area contributed by atoms with Gasteiger partial charge < -0.3 is 10.0 Å². The average molecular weight is 433 g/mol. The SMILES string of the molecule is Cc1ccc(S(=O)(=O)N[C@@H](C(=O)N(C)Cc2ccc(C(C)(C)C)cc2)[C@@H](C)O)cc1. The lowest BCUT2D eigenvalue weighted by Gasteiger charge is -2.26. The number of aryl methyl sites for hydroxylation is 1. The lowest BCUT2D eigenvalue weighted by molar-refractivity contribution is -0.134. The van der Waals surface area contributed by atoms with Gasteiger partial charge in [-0.2, -0.15) is 4.72 Å². The molecule has 2 rings (SSSR count). The minimum atomic E-state index is -3.95. The summed E-state index contributed by atoms with van der Waals surface area (Å²) in [6, 6.07) is 13.0. The molecule has 2 aromatic rings. The van der Waals surface area contributed by atoms with Crippen LogP contribution >= 0.6 is 0 Å². The Bertz CT molecular complexity index is 960. The summed E-state index contributed by atoms with van der Waals surface area (Å²) in [7, 11) is -2.36. The molecule has 0 aliphatic heterocycles. The average Bonchev–Trinajstić information content (AvgIpc) is 2.65. The number of aliphatic hydroxyl groups is 1. The van der Waals surface area contributed by atoms with Gasteiger partial charge in [-0.05, 0) is 42.5 Å². The quantitative estimate of drug-likeness (QED) is 0.704. The van der Waals surface area contributed by atoms with Crippen LogP contribution in [0.4, 0.5) is 0 Å². The van der Waals surface area contributed by atoms with E-state index in [9.17, 15) is 18.3 Å². The lowest BCUT2D eigenvalue weighted by atomic mass is 9.87. The molecule has 0 aromatic heterocycles. The van der Waals surface area contributed by atoms with E-state index in [0.717, 1.165) is 11.1 Å². The Balaban J connectivity index is 2.15. The van der Waals surface area contributed by atoms with Crippen molar-refractivity contribution in [1.82, 2.24) is 9.62 Å². The Kier molecular flexibility index (Phi) is 7.45. The molecule has 7 heteroatoms. The number of nitrogens with zero attached hydrogens (tertiary/aromatic N) is 1. The standard InChI is InChI=1S/C23H32N2O4S/c1-16-7-13-20(14-8-16)30(28,29)24-21(17(2)26)22(27)25(6)15-18-9-11-19(12-10-18)23(3,4)5/h7-14,17,21,24,26H,15H2,1-6H3/t17-,21-/m1/s1. The Labute approximate surface area is 180 Å².